The van der Waals surface area contributed by atoms with Gasteiger partial charge >= 0.3 is 7.12 Å². The Morgan fingerprint density at radius 1 is 0.816 bits per heavy atom. The largest absolute Gasteiger partial charge is 1.00 e. The summed E-state index contributed by atoms with van der Waals surface area (Å²) in [5.74, 6) is -1.47. The van der Waals surface area contributed by atoms with Gasteiger partial charge < -0.3 is 32.0 Å². The van der Waals surface area contributed by atoms with Crippen molar-refractivity contribution in [2.24, 2.45) is 0 Å². The maximum absolute atomic E-state index is 13.9. The zero-order valence-electron chi connectivity index (χ0n) is 20.1. The van der Waals surface area contributed by atoms with Gasteiger partial charge in [0.15, 0.2) is 0 Å². The first-order valence-electron chi connectivity index (χ1n) is 11.7. The summed E-state index contributed by atoms with van der Waals surface area (Å²) in [6.07, 6.45) is 0.439. The molecule has 5 rings (SSSR count). The maximum atomic E-state index is 13.9. The van der Waals surface area contributed by atoms with E-state index in [1.54, 1.807) is 54.6 Å². The number of fused-ring (bicyclic) bond motifs is 1. The molecule has 0 radical (unpaired) electrons. The fourth-order valence-corrected chi connectivity index (χ4v) is 8.89. The molecule has 4 aromatic carbocycles. The molecule has 0 spiro atoms. The Hall–Kier alpha value is -2.97. The van der Waals surface area contributed by atoms with Crippen LogP contribution in [0.5, 0.6) is 0 Å². The quantitative estimate of drug-likeness (QED) is 0.242. The van der Waals surface area contributed by atoms with Crippen molar-refractivity contribution < 1.29 is 44.6 Å². The first-order valence-corrected chi connectivity index (χ1v) is 13.7. The van der Waals surface area contributed by atoms with Crippen molar-refractivity contribution in [1.29, 1.82) is 0 Å². The van der Waals surface area contributed by atoms with Crippen LogP contribution < -0.4 is 43.7 Å². The third-order valence-electron chi connectivity index (χ3n) is 6.57. The van der Waals surface area contributed by atoms with Crippen molar-refractivity contribution in [3.05, 3.63) is 114 Å². The SMILES string of the molecule is O=C(CC[P+](c1ccc(F)cc1)(c1ccc(F)cc1)c1ccc(F)cc1)Nc1ccc2c(c1)B(O)OC2.[Br-]. The molecule has 4 nitrogen and oxygen atoms in total. The topological polar surface area (TPSA) is 58.6 Å². The molecule has 0 aromatic heterocycles. The van der Waals surface area contributed by atoms with Gasteiger partial charge in [0.2, 0.25) is 5.91 Å². The third kappa shape index (κ3) is 5.71. The Bertz CT molecular complexity index is 1310. The minimum absolute atomic E-state index is 0. The molecule has 38 heavy (non-hydrogen) atoms. The molecule has 194 valence electrons. The lowest BCUT2D eigenvalue weighted by Crippen LogP contribution is -3.00. The van der Waals surface area contributed by atoms with Gasteiger partial charge in [-0.25, -0.2) is 13.2 Å². The number of anilines is 1. The molecule has 1 heterocycles. The molecule has 2 N–H and O–H groups in total. The Kier molecular flexibility index (Phi) is 8.73. The van der Waals surface area contributed by atoms with E-state index in [0.29, 0.717) is 23.9 Å². The molecule has 0 bridgehead atoms. The number of carbonyl (C=O) groups excluding carboxylic acids is 1. The maximum Gasteiger partial charge on any atom is 0.491 e. The summed E-state index contributed by atoms with van der Waals surface area (Å²) in [6.45, 7) is 0.310. The second kappa shape index (κ2) is 11.8. The van der Waals surface area contributed by atoms with Crippen molar-refractivity contribution in [3.8, 4) is 0 Å². The summed E-state index contributed by atoms with van der Waals surface area (Å²) in [6, 6.07) is 23.4. The van der Waals surface area contributed by atoms with E-state index in [1.807, 2.05) is 0 Å². The van der Waals surface area contributed by atoms with E-state index in [4.69, 9.17) is 4.65 Å². The molecule has 10 heteroatoms. The van der Waals surface area contributed by atoms with Gasteiger partial charge in [-0.1, -0.05) is 6.07 Å². The summed E-state index contributed by atoms with van der Waals surface area (Å²) in [4.78, 5) is 13.1. The lowest BCUT2D eigenvalue weighted by molar-refractivity contribution is -0.115. The zero-order chi connectivity index (χ0) is 26.0. The van der Waals surface area contributed by atoms with Gasteiger partial charge in [0.05, 0.1) is 19.2 Å². The molecule has 0 unspecified atom stereocenters. The number of hydrogen-bond acceptors (Lipinski definition) is 3. The predicted molar refractivity (Wildman–Crippen MR) is 142 cm³/mol. The van der Waals surface area contributed by atoms with Crippen LogP contribution in [-0.2, 0) is 16.1 Å². The smallest absolute Gasteiger partial charge is 0.491 e. The Morgan fingerprint density at radius 3 is 1.76 bits per heavy atom. The summed E-state index contributed by atoms with van der Waals surface area (Å²) < 4.78 is 46.9. The second-order valence-corrected chi connectivity index (χ2v) is 12.5. The number of halogens is 4. The summed E-state index contributed by atoms with van der Waals surface area (Å²) >= 11 is 0. The van der Waals surface area contributed by atoms with E-state index in [-0.39, 0.29) is 29.3 Å². The first kappa shape index (κ1) is 28.1. The number of carbonyl (C=O) groups is 1. The van der Waals surface area contributed by atoms with Crippen LogP contribution in [0.2, 0.25) is 0 Å². The number of benzene rings is 4. The third-order valence-corrected chi connectivity index (χ3v) is 11.0. The molecule has 4 aromatic rings. The van der Waals surface area contributed by atoms with Crippen LogP contribution >= 0.6 is 7.26 Å². The highest BCUT2D eigenvalue weighted by Crippen LogP contribution is 2.55. The lowest BCUT2D eigenvalue weighted by atomic mass is 9.79. The standard InChI is InChI=1S/C28H22BF3NO3P.BrH/c30-20-2-9-24(10-3-20)37(25-11-4-21(31)5-12-25,26-13-6-22(32)7-14-26)16-15-28(34)33-23-8-1-19-18-36-29(35)27(19)17-23;/h1-14,17,35H,15-16,18H2;1H. The average molecular weight is 600 g/mol. The number of hydrogen-bond donors (Lipinski definition) is 2. The highest BCUT2D eigenvalue weighted by molar-refractivity contribution is 7.95. The second-order valence-electron chi connectivity index (χ2n) is 8.84. The van der Waals surface area contributed by atoms with Crippen LogP contribution in [-0.4, -0.2) is 24.2 Å². The van der Waals surface area contributed by atoms with Crippen LogP contribution in [0.4, 0.5) is 18.9 Å². The van der Waals surface area contributed by atoms with Crippen LogP contribution in [0.1, 0.15) is 12.0 Å². The van der Waals surface area contributed by atoms with Gasteiger partial charge in [-0.05, 0) is 96.0 Å². The van der Waals surface area contributed by atoms with E-state index >= 15 is 0 Å². The number of nitrogens with one attached hydrogen (secondary N) is 1. The van der Waals surface area contributed by atoms with Crippen LogP contribution in [0.15, 0.2) is 91.0 Å². The van der Waals surface area contributed by atoms with E-state index in [2.05, 4.69) is 5.32 Å². The number of rotatable bonds is 7. The molecule has 0 fully saturated rings. The van der Waals surface area contributed by atoms with Gasteiger partial charge in [0.25, 0.3) is 0 Å². The highest BCUT2D eigenvalue weighted by Gasteiger charge is 2.45. The van der Waals surface area contributed by atoms with Crippen LogP contribution in [0.3, 0.4) is 0 Å². The van der Waals surface area contributed by atoms with Crippen molar-refractivity contribution >= 4 is 47.4 Å². The molecule has 1 aliphatic heterocycles. The van der Waals surface area contributed by atoms with E-state index in [9.17, 15) is 23.0 Å². The Labute approximate surface area is 230 Å². The zero-order valence-corrected chi connectivity index (χ0v) is 22.6. The number of amides is 1. The van der Waals surface area contributed by atoms with Crippen LogP contribution in [0.25, 0.3) is 0 Å². The van der Waals surface area contributed by atoms with E-state index in [0.717, 1.165) is 21.5 Å². The van der Waals surface area contributed by atoms with Gasteiger partial charge in [0.1, 0.15) is 40.6 Å². The van der Waals surface area contributed by atoms with Gasteiger partial charge in [0, 0.05) is 5.69 Å². The van der Waals surface area contributed by atoms with Crippen LogP contribution in [0, 0.1) is 17.5 Å². The van der Waals surface area contributed by atoms with Crippen molar-refractivity contribution in [1.82, 2.24) is 0 Å². The normalized spacial score (nSPS) is 12.6. The van der Waals surface area contributed by atoms with E-state index in [1.165, 1.54) is 36.4 Å². The minimum Gasteiger partial charge on any atom is -1.00 e. The molecule has 0 saturated heterocycles. The van der Waals surface area contributed by atoms with Gasteiger partial charge in [-0.15, -0.1) is 0 Å². The summed E-state index contributed by atoms with van der Waals surface area (Å²) in [7, 11) is -3.64. The van der Waals surface area contributed by atoms with Gasteiger partial charge in [-0.2, -0.15) is 0 Å². The predicted octanol–water partition coefficient (Wildman–Crippen LogP) is 0.648. The fourth-order valence-electron chi connectivity index (χ4n) is 4.71. The molecule has 0 aliphatic carbocycles. The molecular formula is C28H23BBrF3NO3P. The van der Waals surface area contributed by atoms with Crippen molar-refractivity contribution in [2.45, 2.75) is 13.0 Å². The molecule has 0 atom stereocenters. The monoisotopic (exact) mass is 599 g/mol. The Morgan fingerprint density at radius 2 is 1.29 bits per heavy atom. The molecule has 0 saturated carbocycles. The minimum atomic E-state index is -2.62. The van der Waals surface area contributed by atoms with Gasteiger partial charge in [-0.3, -0.25) is 4.79 Å². The van der Waals surface area contributed by atoms with E-state index < -0.39 is 31.8 Å². The highest BCUT2D eigenvalue weighted by atomic mass is 79.9. The Balaban J connectivity index is 0.00000336. The summed E-state index contributed by atoms with van der Waals surface area (Å²) in [5, 5.41) is 15.2. The van der Waals surface area contributed by atoms with Crippen molar-refractivity contribution in [2.75, 3.05) is 11.5 Å². The summed E-state index contributed by atoms with van der Waals surface area (Å²) in [5.41, 5.74) is 2.01. The fraction of sp³-hybridized carbons (Fsp3) is 0.107. The van der Waals surface area contributed by atoms with Crippen molar-refractivity contribution in [3.63, 3.8) is 0 Å². The molecule has 1 aliphatic rings. The first-order chi connectivity index (χ1) is 17.8. The lowest BCUT2D eigenvalue weighted by Gasteiger charge is -2.27. The molecule has 1 amide bonds. The average Bonchev–Trinajstić information content (AvgIpc) is 3.27. The molecular weight excluding hydrogens is 577 g/mol.